The topological polar surface area (TPSA) is 69.0 Å². The van der Waals surface area contributed by atoms with Gasteiger partial charge in [0.05, 0.1) is 25.0 Å². The van der Waals surface area contributed by atoms with Crippen molar-refractivity contribution in [3.05, 3.63) is 108 Å². The predicted octanol–water partition coefficient (Wildman–Crippen LogP) is 3.80. The molecule has 6 nitrogen and oxygen atoms in total. The summed E-state index contributed by atoms with van der Waals surface area (Å²) in [6.45, 7) is 0. The van der Waals surface area contributed by atoms with E-state index in [-0.39, 0.29) is 17.6 Å². The highest BCUT2D eigenvalue weighted by molar-refractivity contribution is 5.92. The summed E-state index contributed by atoms with van der Waals surface area (Å²) >= 11 is 0. The van der Waals surface area contributed by atoms with Crippen molar-refractivity contribution in [1.82, 2.24) is 20.3 Å². The van der Waals surface area contributed by atoms with Crippen LogP contribution >= 0.6 is 0 Å². The van der Waals surface area contributed by atoms with Crippen molar-refractivity contribution in [1.29, 1.82) is 0 Å². The first-order valence-electron chi connectivity index (χ1n) is 9.22. The lowest BCUT2D eigenvalue weighted by atomic mass is 9.98. The van der Waals surface area contributed by atoms with Crippen LogP contribution in [0.5, 0.6) is 5.75 Å². The average Bonchev–Trinajstić information content (AvgIpc) is 3.29. The van der Waals surface area contributed by atoms with Crippen LogP contribution in [0.3, 0.4) is 0 Å². The summed E-state index contributed by atoms with van der Waals surface area (Å²) in [5.41, 5.74) is 2.96. The monoisotopic (exact) mass is 384 g/mol. The summed E-state index contributed by atoms with van der Waals surface area (Å²) in [7, 11) is 1.63. The van der Waals surface area contributed by atoms with Crippen LogP contribution in [0.25, 0.3) is 5.69 Å². The number of ether oxygens (including phenoxy) is 1. The Morgan fingerprint density at radius 1 is 0.897 bits per heavy atom. The molecule has 0 fully saturated rings. The summed E-state index contributed by atoms with van der Waals surface area (Å²) < 4.78 is 5.24. The van der Waals surface area contributed by atoms with Gasteiger partial charge in [0.25, 0.3) is 5.91 Å². The van der Waals surface area contributed by atoms with E-state index < -0.39 is 0 Å². The van der Waals surface area contributed by atoms with E-state index in [9.17, 15) is 4.79 Å². The van der Waals surface area contributed by atoms with E-state index >= 15 is 0 Å². The molecule has 1 heterocycles. The van der Waals surface area contributed by atoms with Gasteiger partial charge in [-0.2, -0.15) is 9.90 Å². The number of carbonyl (C=O) groups excluding carboxylic acids is 1. The Bertz CT molecular complexity index is 1080. The molecule has 0 radical (unpaired) electrons. The number of para-hydroxylation sites is 1. The normalized spacial score (nSPS) is 11.6. The minimum Gasteiger partial charge on any atom is -0.497 e. The standard InChI is InChI=1S/C23H20N4O2/c1-29-20-14-12-18(13-15-20)22(17-8-4-2-5-9-17)25-23(28)21-16-24-27(26-21)19-10-6-3-7-11-19/h2-16,22H,1H3,(H,25,28)/t22-/m0/s1. The SMILES string of the molecule is COc1ccc([C@@H](NC(=O)c2cnn(-c3ccccc3)n2)c2ccccc2)cc1. The van der Waals surface area contributed by atoms with Gasteiger partial charge >= 0.3 is 0 Å². The number of hydrogen-bond acceptors (Lipinski definition) is 4. The number of aromatic nitrogens is 3. The number of benzene rings is 3. The smallest absolute Gasteiger partial charge is 0.274 e. The molecule has 0 spiro atoms. The Hall–Kier alpha value is -3.93. The van der Waals surface area contributed by atoms with Crippen LogP contribution in [0.2, 0.25) is 0 Å². The fourth-order valence-corrected chi connectivity index (χ4v) is 3.06. The predicted molar refractivity (Wildman–Crippen MR) is 110 cm³/mol. The van der Waals surface area contributed by atoms with E-state index in [1.165, 1.54) is 11.0 Å². The number of rotatable bonds is 6. The van der Waals surface area contributed by atoms with Gasteiger partial charge in [-0.25, -0.2) is 0 Å². The van der Waals surface area contributed by atoms with Crippen LogP contribution in [0, 0.1) is 0 Å². The van der Waals surface area contributed by atoms with Gasteiger partial charge in [-0.15, -0.1) is 5.10 Å². The fraction of sp³-hybridized carbons (Fsp3) is 0.0870. The van der Waals surface area contributed by atoms with Gasteiger partial charge in [-0.05, 0) is 35.4 Å². The number of hydrogen-bond donors (Lipinski definition) is 1. The summed E-state index contributed by atoms with van der Waals surface area (Å²) in [5.74, 6) is 0.467. The van der Waals surface area contributed by atoms with Crippen molar-refractivity contribution >= 4 is 5.91 Å². The summed E-state index contributed by atoms with van der Waals surface area (Å²) in [5, 5.41) is 11.6. The largest absolute Gasteiger partial charge is 0.497 e. The molecule has 4 rings (SSSR count). The Morgan fingerprint density at radius 2 is 1.52 bits per heavy atom. The number of amides is 1. The highest BCUT2D eigenvalue weighted by Crippen LogP contribution is 2.24. The van der Waals surface area contributed by atoms with E-state index in [0.717, 1.165) is 22.6 Å². The van der Waals surface area contributed by atoms with Gasteiger partial charge in [0.15, 0.2) is 5.69 Å². The number of nitrogens with zero attached hydrogens (tertiary/aromatic N) is 3. The van der Waals surface area contributed by atoms with Crippen molar-refractivity contribution in [3.8, 4) is 11.4 Å². The van der Waals surface area contributed by atoms with Gasteiger partial charge in [-0.1, -0.05) is 60.7 Å². The third-order valence-electron chi connectivity index (χ3n) is 4.57. The maximum Gasteiger partial charge on any atom is 0.274 e. The van der Waals surface area contributed by atoms with E-state index in [2.05, 4.69) is 15.5 Å². The molecule has 0 saturated heterocycles. The maximum atomic E-state index is 12.9. The first kappa shape index (κ1) is 18.4. The molecular formula is C23H20N4O2. The zero-order valence-corrected chi connectivity index (χ0v) is 15.9. The molecule has 1 aromatic heterocycles. The molecular weight excluding hydrogens is 364 g/mol. The van der Waals surface area contributed by atoms with Crippen LogP contribution in [-0.2, 0) is 0 Å². The maximum absolute atomic E-state index is 12.9. The molecule has 0 saturated carbocycles. The van der Waals surface area contributed by atoms with Crippen molar-refractivity contribution in [2.75, 3.05) is 7.11 Å². The first-order valence-corrected chi connectivity index (χ1v) is 9.22. The fourth-order valence-electron chi connectivity index (χ4n) is 3.06. The Morgan fingerprint density at radius 3 is 2.17 bits per heavy atom. The van der Waals surface area contributed by atoms with Crippen LogP contribution in [0.1, 0.15) is 27.7 Å². The quantitative estimate of drug-likeness (QED) is 0.549. The number of nitrogens with one attached hydrogen (secondary N) is 1. The van der Waals surface area contributed by atoms with Crippen LogP contribution < -0.4 is 10.1 Å². The van der Waals surface area contributed by atoms with Crippen molar-refractivity contribution in [2.24, 2.45) is 0 Å². The van der Waals surface area contributed by atoms with Gasteiger partial charge in [0.2, 0.25) is 0 Å². The second-order valence-corrected chi connectivity index (χ2v) is 6.45. The van der Waals surface area contributed by atoms with E-state index in [4.69, 9.17) is 4.74 Å². The second kappa shape index (κ2) is 8.39. The van der Waals surface area contributed by atoms with Gasteiger partial charge in [-0.3, -0.25) is 4.79 Å². The van der Waals surface area contributed by atoms with E-state index in [1.54, 1.807) is 7.11 Å². The average molecular weight is 384 g/mol. The van der Waals surface area contributed by atoms with Crippen LogP contribution in [-0.4, -0.2) is 28.0 Å². The molecule has 0 unspecified atom stereocenters. The molecule has 1 N–H and O–H groups in total. The van der Waals surface area contributed by atoms with E-state index in [0.29, 0.717) is 0 Å². The van der Waals surface area contributed by atoms with Crippen LogP contribution in [0.4, 0.5) is 0 Å². The molecule has 0 aliphatic carbocycles. The highest BCUT2D eigenvalue weighted by atomic mass is 16.5. The second-order valence-electron chi connectivity index (χ2n) is 6.45. The molecule has 0 aliphatic heterocycles. The molecule has 1 atom stereocenters. The number of carbonyl (C=O) groups is 1. The highest BCUT2D eigenvalue weighted by Gasteiger charge is 2.20. The first-order chi connectivity index (χ1) is 14.2. The van der Waals surface area contributed by atoms with Gasteiger partial charge in [0, 0.05) is 0 Å². The summed E-state index contributed by atoms with van der Waals surface area (Å²) in [6, 6.07) is 26.6. The Kier molecular flexibility index (Phi) is 5.33. The molecule has 3 aromatic carbocycles. The summed E-state index contributed by atoms with van der Waals surface area (Å²) in [4.78, 5) is 14.4. The minimum atomic E-state index is -0.323. The third kappa shape index (κ3) is 4.16. The molecule has 4 aromatic rings. The zero-order chi connectivity index (χ0) is 20.1. The zero-order valence-electron chi connectivity index (χ0n) is 15.9. The van der Waals surface area contributed by atoms with Crippen molar-refractivity contribution < 1.29 is 9.53 Å². The lowest BCUT2D eigenvalue weighted by molar-refractivity contribution is 0.0937. The molecule has 1 amide bonds. The third-order valence-corrected chi connectivity index (χ3v) is 4.57. The molecule has 29 heavy (non-hydrogen) atoms. The Balaban J connectivity index is 1.60. The molecule has 0 aliphatic rings. The van der Waals surface area contributed by atoms with Crippen LogP contribution in [0.15, 0.2) is 91.1 Å². The lowest BCUT2D eigenvalue weighted by Crippen LogP contribution is -2.29. The van der Waals surface area contributed by atoms with Gasteiger partial charge < -0.3 is 10.1 Å². The Labute approximate surface area is 168 Å². The molecule has 144 valence electrons. The number of methoxy groups -OCH3 is 1. The minimum absolute atomic E-state index is 0.253. The van der Waals surface area contributed by atoms with Crippen molar-refractivity contribution in [3.63, 3.8) is 0 Å². The van der Waals surface area contributed by atoms with Crippen molar-refractivity contribution in [2.45, 2.75) is 6.04 Å². The lowest BCUT2D eigenvalue weighted by Gasteiger charge is -2.19. The van der Waals surface area contributed by atoms with Gasteiger partial charge in [0.1, 0.15) is 5.75 Å². The molecule has 6 heteroatoms. The summed E-state index contributed by atoms with van der Waals surface area (Å²) in [6.07, 6.45) is 1.47. The molecule has 0 bridgehead atoms. The van der Waals surface area contributed by atoms with E-state index in [1.807, 2.05) is 84.9 Å².